The molecular weight excluding hydrogens is 394 g/mol. The average molecular weight is 420 g/mol. The minimum Gasteiger partial charge on any atom is -0.496 e. The Kier molecular flexibility index (Phi) is 5.96. The smallest absolute Gasteiger partial charge is 0.125 e. The molecule has 2 aromatic carbocycles. The summed E-state index contributed by atoms with van der Waals surface area (Å²) in [4.78, 5) is 0. The van der Waals surface area contributed by atoms with Gasteiger partial charge in [0, 0.05) is 5.56 Å². The van der Waals surface area contributed by atoms with Crippen LogP contribution in [0.15, 0.2) is 30.3 Å². The van der Waals surface area contributed by atoms with Gasteiger partial charge in [-0.1, -0.05) is 29.0 Å². The Morgan fingerprint density at radius 2 is 1.84 bits per heavy atom. The summed E-state index contributed by atoms with van der Waals surface area (Å²) in [5.41, 5.74) is 5.65. The lowest BCUT2D eigenvalue weighted by molar-refractivity contribution is -0.232. The van der Waals surface area contributed by atoms with Crippen LogP contribution in [-0.4, -0.2) is 74.3 Å². The summed E-state index contributed by atoms with van der Waals surface area (Å²) in [6, 6.07) is 9.84. The van der Waals surface area contributed by atoms with Gasteiger partial charge in [0.05, 0.1) is 29.4 Å². The van der Waals surface area contributed by atoms with Gasteiger partial charge in [0.2, 0.25) is 0 Å². The maximum Gasteiger partial charge on any atom is 0.125 e. The molecule has 6 nitrogen and oxygen atoms in total. The van der Waals surface area contributed by atoms with E-state index in [1.54, 1.807) is 0 Å². The molecule has 8 heteroatoms. The summed E-state index contributed by atoms with van der Waals surface area (Å²) in [5.74, 6) is 0.491. The molecule has 4 radical (unpaired) electrons. The SMILES string of the molecule is [B]C1([B])Cc2ccc(Cc3cc([C@@H]4O[C@H](CO)[C@@H](O)[C@H](O)[C@H]4O)c(OC)cc3C)cc21. The zero-order valence-corrected chi connectivity index (χ0v) is 17.7. The van der Waals surface area contributed by atoms with Crippen molar-refractivity contribution in [2.24, 2.45) is 0 Å². The summed E-state index contributed by atoms with van der Waals surface area (Å²) in [7, 11) is 13.7. The highest BCUT2D eigenvalue weighted by molar-refractivity contribution is 6.41. The molecule has 1 aliphatic heterocycles. The van der Waals surface area contributed by atoms with Crippen LogP contribution in [0.25, 0.3) is 0 Å². The van der Waals surface area contributed by atoms with Crippen LogP contribution in [-0.2, 0) is 22.8 Å². The van der Waals surface area contributed by atoms with Gasteiger partial charge in [-0.15, -0.1) is 0 Å². The van der Waals surface area contributed by atoms with Crippen molar-refractivity contribution in [2.45, 2.75) is 55.5 Å². The van der Waals surface area contributed by atoms with E-state index in [1.165, 1.54) is 7.11 Å². The fourth-order valence-electron chi connectivity index (χ4n) is 4.54. The Balaban J connectivity index is 1.69. The zero-order valence-electron chi connectivity index (χ0n) is 17.7. The number of hydrogen-bond donors (Lipinski definition) is 4. The Morgan fingerprint density at radius 3 is 2.48 bits per heavy atom. The Bertz CT molecular complexity index is 977. The first-order valence-electron chi connectivity index (χ1n) is 10.3. The van der Waals surface area contributed by atoms with Crippen LogP contribution in [0.2, 0.25) is 0 Å². The van der Waals surface area contributed by atoms with Gasteiger partial charge in [0.1, 0.15) is 36.3 Å². The quantitative estimate of drug-likeness (QED) is 0.515. The molecule has 2 aromatic rings. The fourth-order valence-corrected chi connectivity index (χ4v) is 4.54. The van der Waals surface area contributed by atoms with E-state index >= 15 is 0 Å². The normalized spacial score (nSPS) is 29.2. The van der Waals surface area contributed by atoms with Crippen LogP contribution in [0.1, 0.15) is 39.5 Å². The molecule has 31 heavy (non-hydrogen) atoms. The molecule has 4 rings (SSSR count). The summed E-state index contributed by atoms with van der Waals surface area (Å²) >= 11 is 0. The van der Waals surface area contributed by atoms with Crippen molar-refractivity contribution in [1.82, 2.24) is 0 Å². The van der Waals surface area contributed by atoms with E-state index in [2.05, 4.69) is 0 Å². The van der Waals surface area contributed by atoms with Crippen LogP contribution in [0.3, 0.4) is 0 Å². The van der Waals surface area contributed by atoms with Crippen LogP contribution >= 0.6 is 0 Å². The van der Waals surface area contributed by atoms with Gasteiger partial charge >= 0.3 is 0 Å². The standard InChI is InChI=1S/C23H26B2O6/c1-11-5-17(30-2)15(22-21(29)20(28)19(27)18(10-26)31-22)8-14(11)6-12-3-4-13-9-23(24,25)16(13)7-12/h3-5,7-8,18-22,26-29H,6,9-10H2,1-2H3/t18-,19-,20+,21-,22+/m1/s1. The average Bonchev–Trinajstić information content (AvgIpc) is 2.74. The summed E-state index contributed by atoms with van der Waals surface area (Å²) < 4.78 is 11.3. The number of rotatable bonds is 5. The van der Waals surface area contributed by atoms with Gasteiger partial charge in [0.15, 0.2) is 0 Å². The van der Waals surface area contributed by atoms with Crippen molar-refractivity contribution in [2.75, 3.05) is 13.7 Å². The van der Waals surface area contributed by atoms with Gasteiger partial charge in [-0.05, 0) is 54.2 Å². The molecule has 0 amide bonds. The molecule has 5 atom stereocenters. The van der Waals surface area contributed by atoms with Crippen LogP contribution in [0, 0.1) is 6.92 Å². The fraction of sp³-hybridized carbons (Fsp3) is 0.478. The third kappa shape index (κ3) is 3.92. The topological polar surface area (TPSA) is 99.4 Å². The number of aliphatic hydroxyl groups is 4. The molecule has 4 N–H and O–H groups in total. The Hall–Kier alpha value is -1.83. The first kappa shape index (κ1) is 22.4. The molecule has 1 fully saturated rings. The van der Waals surface area contributed by atoms with E-state index in [1.807, 2.05) is 37.3 Å². The second-order valence-corrected chi connectivity index (χ2v) is 8.66. The Labute approximate surface area is 184 Å². The van der Waals surface area contributed by atoms with Crippen LogP contribution < -0.4 is 4.74 Å². The van der Waals surface area contributed by atoms with Gasteiger partial charge in [-0.3, -0.25) is 0 Å². The monoisotopic (exact) mass is 420 g/mol. The van der Waals surface area contributed by atoms with Gasteiger partial charge in [-0.2, -0.15) is 0 Å². The number of aliphatic hydroxyl groups excluding tert-OH is 4. The first-order valence-corrected chi connectivity index (χ1v) is 10.3. The molecule has 0 bridgehead atoms. The van der Waals surface area contributed by atoms with Crippen molar-refractivity contribution in [1.29, 1.82) is 0 Å². The minimum absolute atomic E-state index is 0.489. The molecule has 160 valence electrons. The molecule has 1 aliphatic carbocycles. The molecule has 2 aliphatic rings. The number of hydrogen-bond acceptors (Lipinski definition) is 6. The third-order valence-corrected chi connectivity index (χ3v) is 6.44. The summed E-state index contributed by atoms with van der Waals surface area (Å²) in [6.45, 7) is 1.48. The molecular formula is C23H26B2O6. The molecule has 0 unspecified atom stereocenters. The largest absolute Gasteiger partial charge is 0.496 e. The maximum atomic E-state index is 10.6. The molecule has 0 saturated carbocycles. The Morgan fingerprint density at radius 1 is 1.10 bits per heavy atom. The predicted octanol–water partition coefficient (Wildman–Crippen LogP) is 0.155. The van der Waals surface area contributed by atoms with Gasteiger partial charge in [0.25, 0.3) is 0 Å². The summed E-state index contributed by atoms with van der Waals surface area (Å²) in [5, 5.41) is 39.6. The van der Waals surface area contributed by atoms with Crippen molar-refractivity contribution < 1.29 is 29.9 Å². The summed E-state index contributed by atoms with van der Waals surface area (Å²) in [6.07, 6.45) is -4.96. The van der Waals surface area contributed by atoms with Crippen LogP contribution in [0.5, 0.6) is 5.75 Å². The predicted molar refractivity (Wildman–Crippen MR) is 117 cm³/mol. The number of benzene rings is 2. The lowest BCUT2D eigenvalue weighted by atomic mass is 9.42. The van der Waals surface area contributed by atoms with E-state index in [9.17, 15) is 20.4 Å². The van der Waals surface area contributed by atoms with Crippen molar-refractivity contribution in [3.8, 4) is 5.75 Å². The first-order chi connectivity index (χ1) is 14.7. The number of ether oxygens (including phenoxy) is 2. The molecule has 0 aromatic heterocycles. The third-order valence-electron chi connectivity index (χ3n) is 6.44. The maximum absolute atomic E-state index is 10.6. The lowest BCUT2D eigenvalue weighted by Gasteiger charge is -2.40. The highest BCUT2D eigenvalue weighted by Crippen LogP contribution is 2.40. The van der Waals surface area contributed by atoms with Gasteiger partial charge < -0.3 is 29.9 Å². The van der Waals surface area contributed by atoms with E-state index in [4.69, 9.17) is 25.2 Å². The highest BCUT2D eigenvalue weighted by atomic mass is 16.5. The van der Waals surface area contributed by atoms with Crippen LogP contribution in [0.4, 0.5) is 0 Å². The lowest BCUT2D eigenvalue weighted by Crippen LogP contribution is -2.55. The van der Waals surface area contributed by atoms with E-state index in [-0.39, 0.29) is 0 Å². The minimum atomic E-state index is -1.46. The van der Waals surface area contributed by atoms with Gasteiger partial charge in [-0.25, -0.2) is 0 Å². The van der Waals surface area contributed by atoms with E-state index in [0.29, 0.717) is 24.2 Å². The zero-order chi connectivity index (χ0) is 22.5. The number of aryl methyl sites for hydroxylation is 1. The number of fused-ring (bicyclic) bond motifs is 1. The van der Waals surface area contributed by atoms with Crippen molar-refractivity contribution >= 4 is 15.7 Å². The number of methoxy groups -OCH3 is 1. The second kappa shape index (κ2) is 8.26. The second-order valence-electron chi connectivity index (χ2n) is 8.66. The molecule has 1 saturated heterocycles. The van der Waals surface area contributed by atoms with E-state index in [0.717, 1.165) is 27.8 Å². The van der Waals surface area contributed by atoms with E-state index < -0.39 is 42.3 Å². The van der Waals surface area contributed by atoms with Crippen molar-refractivity contribution in [3.63, 3.8) is 0 Å². The molecule has 0 spiro atoms. The molecule has 1 heterocycles. The van der Waals surface area contributed by atoms with Crippen molar-refractivity contribution in [3.05, 3.63) is 63.7 Å². The highest BCUT2D eigenvalue weighted by Gasteiger charge is 2.45.